The van der Waals surface area contributed by atoms with Gasteiger partial charge in [0.2, 0.25) is 0 Å². The Hall–Kier alpha value is -7.96. The summed E-state index contributed by atoms with van der Waals surface area (Å²) in [6.07, 6.45) is 3.59. The van der Waals surface area contributed by atoms with Crippen molar-refractivity contribution >= 4 is 43.6 Å². The first kappa shape index (κ1) is 33.4. The molecule has 0 unspecified atom stereocenters. The number of rotatable bonds is 6. The molecule has 6 heteroatoms. The van der Waals surface area contributed by atoms with Crippen molar-refractivity contribution in [2.45, 2.75) is 0 Å². The Morgan fingerprint density at radius 2 is 0.862 bits per heavy atom. The van der Waals surface area contributed by atoms with Crippen LogP contribution in [0.1, 0.15) is 0 Å². The molecule has 0 aliphatic heterocycles. The summed E-state index contributed by atoms with van der Waals surface area (Å²) in [5.74, 6) is 0. The van der Waals surface area contributed by atoms with E-state index in [1.165, 1.54) is 0 Å². The van der Waals surface area contributed by atoms with Crippen LogP contribution in [0, 0.1) is 0 Å². The predicted molar refractivity (Wildman–Crippen MR) is 236 cm³/mol. The van der Waals surface area contributed by atoms with E-state index in [1.807, 2.05) is 60.7 Å². The van der Waals surface area contributed by atoms with Gasteiger partial charge in [0.15, 0.2) is 0 Å². The summed E-state index contributed by atoms with van der Waals surface area (Å²) in [4.78, 5) is 30.1. The van der Waals surface area contributed by atoms with Crippen LogP contribution in [-0.2, 0) is 0 Å². The maximum Gasteiger partial charge on any atom is 0.0972 e. The van der Waals surface area contributed by atoms with Gasteiger partial charge < -0.3 is 0 Å². The molecule has 0 saturated heterocycles. The van der Waals surface area contributed by atoms with Gasteiger partial charge >= 0.3 is 0 Å². The van der Waals surface area contributed by atoms with Gasteiger partial charge in [-0.3, -0.25) is 9.97 Å². The van der Waals surface area contributed by atoms with Crippen molar-refractivity contribution in [3.63, 3.8) is 0 Å². The van der Waals surface area contributed by atoms with E-state index in [1.54, 1.807) is 12.4 Å². The molecule has 0 atom stereocenters. The molecule has 11 aromatic rings. The summed E-state index contributed by atoms with van der Waals surface area (Å²) < 4.78 is 0. The van der Waals surface area contributed by atoms with E-state index >= 15 is 0 Å². The van der Waals surface area contributed by atoms with Gasteiger partial charge in [0.05, 0.1) is 56.2 Å². The Morgan fingerprint density at radius 3 is 1.53 bits per heavy atom. The number of hydrogen-bond acceptors (Lipinski definition) is 6. The molecule has 0 amide bonds. The van der Waals surface area contributed by atoms with Crippen molar-refractivity contribution < 1.29 is 0 Å². The first-order valence-corrected chi connectivity index (χ1v) is 19.3. The second kappa shape index (κ2) is 14.0. The fourth-order valence-electron chi connectivity index (χ4n) is 7.82. The summed E-state index contributed by atoms with van der Waals surface area (Å²) in [7, 11) is 0. The topological polar surface area (TPSA) is 77.3 Å². The molecule has 0 aliphatic carbocycles. The molecule has 0 bridgehead atoms. The van der Waals surface area contributed by atoms with Crippen molar-refractivity contribution in [2.75, 3.05) is 0 Å². The third-order valence-electron chi connectivity index (χ3n) is 10.7. The van der Waals surface area contributed by atoms with Crippen molar-refractivity contribution in [2.24, 2.45) is 0 Å². The van der Waals surface area contributed by atoms with Crippen LogP contribution in [0.5, 0.6) is 0 Å². The minimum absolute atomic E-state index is 0.798. The van der Waals surface area contributed by atoms with Crippen LogP contribution >= 0.6 is 0 Å². The Bertz CT molecular complexity index is 3240. The number of benzene rings is 5. The molecule has 0 saturated carbocycles. The largest absolute Gasteiger partial charge is 0.255 e. The maximum absolute atomic E-state index is 5.44. The second-order valence-electron chi connectivity index (χ2n) is 14.3. The minimum Gasteiger partial charge on any atom is -0.255 e. The molecule has 0 radical (unpaired) electrons. The lowest BCUT2D eigenvalue weighted by atomic mass is 9.97. The highest BCUT2D eigenvalue weighted by molar-refractivity contribution is 6.15. The SMILES string of the molecule is c1ccc(-c2ccc3ccc4cc5c(-c6ccccc6)nc6cc(-c7ccc(-c8cc(-c9ccccn9)nc(-c9ccccn9)c8)cc7)ccc6c5nc4c3n2)cc1. The van der Waals surface area contributed by atoms with Crippen molar-refractivity contribution in [1.82, 2.24) is 29.9 Å². The highest BCUT2D eigenvalue weighted by Gasteiger charge is 2.17. The molecule has 0 spiro atoms. The lowest BCUT2D eigenvalue weighted by molar-refractivity contribution is 1.22. The molecular weight excluding hydrogens is 709 g/mol. The van der Waals surface area contributed by atoms with Gasteiger partial charge in [-0.15, -0.1) is 0 Å². The van der Waals surface area contributed by atoms with Crippen molar-refractivity contribution in [1.29, 1.82) is 0 Å². The van der Waals surface area contributed by atoms with Gasteiger partial charge in [-0.2, -0.15) is 0 Å². The molecule has 0 N–H and O–H groups in total. The summed E-state index contributed by atoms with van der Waals surface area (Å²) >= 11 is 0. The first-order chi connectivity index (χ1) is 28.7. The predicted octanol–water partition coefficient (Wildman–Crippen LogP) is 12.7. The van der Waals surface area contributed by atoms with Crippen LogP contribution in [-0.4, -0.2) is 29.9 Å². The third kappa shape index (κ3) is 6.01. The van der Waals surface area contributed by atoms with E-state index in [0.717, 1.165) is 111 Å². The molecule has 58 heavy (non-hydrogen) atoms. The summed E-state index contributed by atoms with van der Waals surface area (Å²) in [6, 6.07) is 62.6. The molecular formula is C52H32N6. The molecule has 5 aromatic carbocycles. The van der Waals surface area contributed by atoms with Crippen LogP contribution in [0.4, 0.5) is 0 Å². The van der Waals surface area contributed by atoms with E-state index in [0.29, 0.717) is 0 Å². The zero-order valence-corrected chi connectivity index (χ0v) is 31.2. The van der Waals surface area contributed by atoms with Crippen molar-refractivity contribution in [3.8, 4) is 67.5 Å². The number of fused-ring (bicyclic) bond motifs is 6. The Labute approximate surface area is 334 Å². The number of hydrogen-bond donors (Lipinski definition) is 0. The zero-order chi connectivity index (χ0) is 38.4. The van der Waals surface area contributed by atoms with E-state index in [-0.39, 0.29) is 0 Å². The lowest BCUT2D eigenvalue weighted by Gasteiger charge is -2.13. The van der Waals surface area contributed by atoms with Crippen LogP contribution in [0.25, 0.3) is 111 Å². The molecule has 0 aliphatic rings. The van der Waals surface area contributed by atoms with Crippen LogP contribution in [0.3, 0.4) is 0 Å². The smallest absolute Gasteiger partial charge is 0.0972 e. The lowest BCUT2D eigenvalue weighted by Crippen LogP contribution is -1.95. The fraction of sp³-hybridized carbons (Fsp3) is 0. The van der Waals surface area contributed by atoms with Gasteiger partial charge in [-0.1, -0.05) is 121 Å². The summed E-state index contributed by atoms with van der Waals surface area (Å²) in [5, 5.41) is 4.09. The Morgan fingerprint density at radius 1 is 0.276 bits per heavy atom. The average molecular weight is 741 g/mol. The second-order valence-corrected chi connectivity index (χ2v) is 14.3. The number of aromatic nitrogens is 6. The van der Waals surface area contributed by atoms with E-state index in [2.05, 4.69) is 131 Å². The highest BCUT2D eigenvalue weighted by Crippen LogP contribution is 2.38. The quantitative estimate of drug-likeness (QED) is 0.125. The van der Waals surface area contributed by atoms with Gasteiger partial charge in [0, 0.05) is 45.1 Å². The molecule has 6 aromatic heterocycles. The van der Waals surface area contributed by atoms with Crippen LogP contribution in [0.15, 0.2) is 194 Å². The van der Waals surface area contributed by atoms with E-state index in [4.69, 9.17) is 19.9 Å². The van der Waals surface area contributed by atoms with E-state index < -0.39 is 0 Å². The summed E-state index contributed by atoms with van der Waals surface area (Å²) in [5.41, 5.74) is 15.0. The van der Waals surface area contributed by atoms with Crippen LogP contribution < -0.4 is 0 Å². The van der Waals surface area contributed by atoms with Gasteiger partial charge in [0.25, 0.3) is 0 Å². The Kier molecular flexibility index (Phi) is 8.04. The normalized spacial score (nSPS) is 11.4. The molecule has 0 fully saturated rings. The zero-order valence-electron chi connectivity index (χ0n) is 31.2. The first-order valence-electron chi connectivity index (χ1n) is 19.3. The fourth-order valence-corrected chi connectivity index (χ4v) is 7.82. The van der Waals surface area contributed by atoms with Gasteiger partial charge in [-0.25, -0.2) is 19.9 Å². The third-order valence-corrected chi connectivity index (χ3v) is 10.7. The molecule has 270 valence electrons. The number of nitrogens with zero attached hydrogens (tertiary/aromatic N) is 6. The van der Waals surface area contributed by atoms with Gasteiger partial charge in [0.1, 0.15) is 0 Å². The number of pyridine rings is 6. The maximum atomic E-state index is 5.44. The monoisotopic (exact) mass is 740 g/mol. The minimum atomic E-state index is 0.798. The molecule has 11 rings (SSSR count). The van der Waals surface area contributed by atoms with Gasteiger partial charge in [-0.05, 0) is 82.9 Å². The average Bonchev–Trinajstić information content (AvgIpc) is 3.31. The van der Waals surface area contributed by atoms with Crippen molar-refractivity contribution in [3.05, 3.63) is 194 Å². The highest BCUT2D eigenvalue weighted by atomic mass is 14.8. The van der Waals surface area contributed by atoms with E-state index in [9.17, 15) is 0 Å². The summed E-state index contributed by atoms with van der Waals surface area (Å²) in [6.45, 7) is 0. The molecule has 6 nitrogen and oxygen atoms in total. The Balaban J connectivity index is 1.04. The molecule has 6 heterocycles. The van der Waals surface area contributed by atoms with Crippen LogP contribution in [0.2, 0.25) is 0 Å². The standard InChI is InChI=1S/C52H32N6/c1-3-11-35(12-4-1)43-26-24-37-21-22-39-29-42-49(36-13-5-2-6-14-36)57-46-30-38(23-25-41(46)52(42)58-51(39)50(37)56-43)33-17-19-34(20-18-33)40-31-47(44-15-7-9-27-53-44)55-48(32-40)45-16-8-10-28-54-45/h1-32H.